The van der Waals surface area contributed by atoms with Gasteiger partial charge >= 0.3 is 6.55 Å². The third kappa shape index (κ3) is 7.62. The maximum atomic E-state index is 14.2. The van der Waals surface area contributed by atoms with Crippen molar-refractivity contribution in [3.63, 3.8) is 0 Å². The molecule has 2 aliphatic heterocycles. The lowest BCUT2D eigenvalue weighted by Crippen LogP contribution is -2.48. The van der Waals surface area contributed by atoms with Gasteiger partial charge in [0, 0.05) is 70.9 Å². The van der Waals surface area contributed by atoms with E-state index in [1.807, 2.05) is 0 Å². The second-order valence-electron chi connectivity index (χ2n) is 12.7. The molecule has 1 saturated heterocycles. The molecule has 4 atom stereocenters. The Morgan fingerprint density at radius 1 is 1.17 bits per heavy atom. The van der Waals surface area contributed by atoms with Gasteiger partial charge < -0.3 is 10.0 Å². The second kappa shape index (κ2) is 14.7. The number of pyridine rings is 1. The van der Waals surface area contributed by atoms with E-state index in [-0.39, 0.29) is 42.2 Å². The molecule has 7 rings (SSSR count). The number of halogens is 4. The highest BCUT2D eigenvalue weighted by Gasteiger charge is 2.42. The lowest BCUT2D eigenvalue weighted by Gasteiger charge is -2.32. The summed E-state index contributed by atoms with van der Waals surface area (Å²) in [6, 6.07) is 8.16. The Morgan fingerprint density at radius 2 is 2.00 bits per heavy atom. The predicted octanol–water partition coefficient (Wildman–Crippen LogP) is 4.99. The number of nitrogens with one attached hydrogen (secondary N) is 2. The van der Waals surface area contributed by atoms with Crippen LogP contribution in [-0.4, -0.2) is 77.6 Å². The molecule has 14 nitrogen and oxygen atoms in total. The van der Waals surface area contributed by atoms with Crippen molar-refractivity contribution in [3.8, 4) is 5.82 Å². The number of aliphatic hydroxyl groups is 1. The van der Waals surface area contributed by atoms with Crippen LogP contribution >= 0.6 is 22.9 Å². The van der Waals surface area contributed by atoms with Crippen LogP contribution in [0.3, 0.4) is 0 Å². The highest BCUT2D eigenvalue weighted by molar-refractivity contribution is 7.87. The van der Waals surface area contributed by atoms with Crippen LogP contribution in [0.15, 0.2) is 83.3 Å². The van der Waals surface area contributed by atoms with Crippen LogP contribution in [-0.2, 0) is 15.8 Å². The highest BCUT2D eigenvalue weighted by Crippen LogP contribution is 2.46. The minimum Gasteiger partial charge on any atom is -0.383 e. The molecule has 0 amide bonds. The van der Waals surface area contributed by atoms with E-state index in [1.54, 1.807) is 60.9 Å². The number of rotatable bonds is 13. The van der Waals surface area contributed by atoms with Gasteiger partial charge in [-0.2, -0.15) is 31.7 Å². The molecule has 0 saturated carbocycles. The molecule has 2 aliphatic rings. The van der Waals surface area contributed by atoms with Crippen LogP contribution in [0.25, 0.3) is 11.4 Å². The van der Waals surface area contributed by atoms with Gasteiger partial charge in [0.25, 0.3) is 10.2 Å². The first-order valence-corrected chi connectivity index (χ1v) is 19.2. The standard InChI is InChI=1S/C33H33ClF3N11O3S2/c1-3-33(49,26-18-48(45-41-26)27-6-4-5-10-38-27)16-19(2)43-53(50,51)44-21-15-25-28(24-9-12-47(42-24)32(36)37)29(22-8-7-20(35)14-23(22)34)40-30(46(25)17-21)31-39-11-13-52-31/h4-14,18-19,21,29,32,43-44,49H,3,15-17H2,1-2H3/t19?,21-,29-,33?/m0/s1. The summed E-state index contributed by atoms with van der Waals surface area (Å²) < 4.78 is 76.1. The predicted molar refractivity (Wildman–Crippen MR) is 191 cm³/mol. The molecule has 1 fully saturated rings. The number of fused-ring (bicyclic) bond motifs is 1. The fraction of sp³-hybridized carbons (Fsp3) is 0.333. The fourth-order valence-corrected chi connectivity index (χ4v) is 8.80. The van der Waals surface area contributed by atoms with Crippen molar-refractivity contribution < 1.29 is 26.7 Å². The van der Waals surface area contributed by atoms with Crippen LogP contribution in [0.1, 0.15) is 67.7 Å². The SMILES string of the molecule is CCC(O)(CC(C)NS(=O)(=O)N[C@H]1CC2=C(c3ccn(C(F)F)n3)[C@H](c3ccc(F)cc3Cl)N=C(c3nccs3)N2C1)c1cn(-c2ccccn2)nn1. The van der Waals surface area contributed by atoms with Gasteiger partial charge in [-0.25, -0.2) is 23.7 Å². The molecule has 278 valence electrons. The van der Waals surface area contributed by atoms with Gasteiger partial charge in [0.2, 0.25) is 0 Å². The van der Waals surface area contributed by atoms with E-state index < -0.39 is 46.3 Å². The molecule has 1 aromatic carbocycles. The van der Waals surface area contributed by atoms with E-state index in [0.29, 0.717) is 38.2 Å². The van der Waals surface area contributed by atoms with Gasteiger partial charge in [-0.3, -0.25) is 4.99 Å². The molecule has 6 heterocycles. The van der Waals surface area contributed by atoms with Gasteiger partial charge in [-0.05, 0) is 50.1 Å². The van der Waals surface area contributed by atoms with E-state index in [0.717, 1.165) is 12.3 Å². The third-order valence-corrected chi connectivity index (χ3v) is 11.4. The highest BCUT2D eigenvalue weighted by atomic mass is 35.5. The first-order valence-electron chi connectivity index (χ1n) is 16.5. The van der Waals surface area contributed by atoms with Crippen molar-refractivity contribution in [2.75, 3.05) is 6.54 Å². The number of aromatic nitrogens is 7. The molecule has 4 aromatic heterocycles. The number of alkyl halides is 2. The lowest BCUT2D eigenvalue weighted by atomic mass is 9.90. The Labute approximate surface area is 311 Å². The molecule has 0 spiro atoms. The average molecular weight is 788 g/mol. The maximum Gasteiger partial charge on any atom is 0.333 e. The van der Waals surface area contributed by atoms with Gasteiger partial charge in [0.05, 0.1) is 11.9 Å². The molecule has 0 radical (unpaired) electrons. The zero-order valence-corrected chi connectivity index (χ0v) is 30.6. The zero-order valence-electron chi connectivity index (χ0n) is 28.2. The molecule has 20 heteroatoms. The summed E-state index contributed by atoms with van der Waals surface area (Å²) in [5.74, 6) is 0.347. The van der Waals surface area contributed by atoms with E-state index in [4.69, 9.17) is 16.6 Å². The molecule has 0 aliphatic carbocycles. The monoisotopic (exact) mass is 787 g/mol. The summed E-state index contributed by atoms with van der Waals surface area (Å²) in [6.45, 7) is 0.593. The van der Waals surface area contributed by atoms with E-state index in [2.05, 4.69) is 34.8 Å². The topological polar surface area (TPSA) is 168 Å². The summed E-state index contributed by atoms with van der Waals surface area (Å²) in [7, 11) is -4.19. The molecule has 5 aromatic rings. The zero-order chi connectivity index (χ0) is 37.5. The Morgan fingerprint density at radius 3 is 2.68 bits per heavy atom. The van der Waals surface area contributed by atoms with Crippen molar-refractivity contribution in [3.05, 3.63) is 111 Å². The Bertz CT molecular complexity index is 2270. The third-order valence-electron chi connectivity index (χ3n) is 8.99. The first-order chi connectivity index (χ1) is 25.3. The van der Waals surface area contributed by atoms with Crippen molar-refractivity contribution in [1.82, 2.24) is 49.1 Å². The fourth-order valence-electron chi connectivity index (χ4n) is 6.61. The quantitative estimate of drug-likeness (QED) is 0.149. The number of aliphatic imine (C=N–C) groups is 1. The van der Waals surface area contributed by atoms with Crippen molar-refractivity contribution in [2.45, 2.75) is 63.4 Å². The second-order valence-corrected chi connectivity index (χ2v) is 15.4. The lowest BCUT2D eigenvalue weighted by molar-refractivity contribution is 0.0126. The van der Waals surface area contributed by atoms with E-state index in [9.17, 15) is 26.7 Å². The first kappa shape index (κ1) is 36.8. The van der Waals surface area contributed by atoms with E-state index in [1.165, 1.54) is 34.2 Å². The normalized spacial score (nSPS) is 19.4. The van der Waals surface area contributed by atoms with Crippen LogP contribution in [0.4, 0.5) is 13.2 Å². The Balaban J connectivity index is 1.16. The van der Waals surface area contributed by atoms with Crippen LogP contribution in [0.5, 0.6) is 0 Å². The number of amidine groups is 1. The largest absolute Gasteiger partial charge is 0.383 e. The van der Waals surface area contributed by atoms with Crippen molar-refractivity contribution >= 4 is 44.6 Å². The minimum atomic E-state index is -4.19. The number of benzene rings is 1. The van der Waals surface area contributed by atoms with Crippen molar-refractivity contribution in [2.24, 2.45) is 4.99 Å². The van der Waals surface area contributed by atoms with Crippen LogP contribution in [0.2, 0.25) is 5.02 Å². The number of thiazole rings is 1. The summed E-state index contributed by atoms with van der Waals surface area (Å²) in [5.41, 5.74) is 0.293. The Kier molecular flexibility index (Phi) is 10.2. The van der Waals surface area contributed by atoms with E-state index >= 15 is 0 Å². The molecule has 3 N–H and O–H groups in total. The molecular formula is C33H33ClF3N11O3S2. The minimum absolute atomic E-state index is 0.0226. The van der Waals surface area contributed by atoms with Gasteiger partial charge in [-0.15, -0.1) is 16.4 Å². The smallest absolute Gasteiger partial charge is 0.333 e. The summed E-state index contributed by atoms with van der Waals surface area (Å²) in [4.78, 5) is 15.4. The van der Waals surface area contributed by atoms with Crippen LogP contribution < -0.4 is 9.44 Å². The van der Waals surface area contributed by atoms with Crippen molar-refractivity contribution in [1.29, 1.82) is 0 Å². The molecule has 53 heavy (non-hydrogen) atoms. The van der Waals surface area contributed by atoms with Crippen LogP contribution in [0, 0.1) is 5.82 Å². The number of hydrogen-bond donors (Lipinski definition) is 3. The average Bonchev–Trinajstić information content (AvgIpc) is 3.95. The number of nitrogens with zero attached hydrogens (tertiary/aromatic N) is 9. The van der Waals surface area contributed by atoms with Gasteiger partial charge in [0.1, 0.15) is 23.2 Å². The summed E-state index contributed by atoms with van der Waals surface area (Å²) in [5, 5.41) is 26.3. The maximum absolute atomic E-state index is 14.2. The molecule has 0 bridgehead atoms. The molecular weight excluding hydrogens is 755 g/mol. The summed E-state index contributed by atoms with van der Waals surface area (Å²) in [6.07, 6.45) is 6.22. The number of hydrogen-bond acceptors (Lipinski definition) is 11. The van der Waals surface area contributed by atoms with Gasteiger partial charge in [-0.1, -0.05) is 35.9 Å². The summed E-state index contributed by atoms with van der Waals surface area (Å²) >= 11 is 7.85. The molecule has 2 unspecified atom stereocenters. The van der Waals surface area contributed by atoms with Gasteiger partial charge in [0.15, 0.2) is 16.7 Å². The Hall–Kier alpha value is -4.53.